The molecule has 0 bridgehead atoms. The third-order valence-electron chi connectivity index (χ3n) is 5.61. The summed E-state index contributed by atoms with van der Waals surface area (Å²) in [7, 11) is -8.89. The Bertz CT molecular complexity index is 1540. The van der Waals surface area contributed by atoms with E-state index in [0.717, 1.165) is 28.6 Å². The van der Waals surface area contributed by atoms with Crippen LogP contribution in [-0.2, 0) is 30.9 Å². The van der Waals surface area contributed by atoms with Crippen molar-refractivity contribution in [2.45, 2.75) is 37.1 Å². The van der Waals surface area contributed by atoms with E-state index in [4.69, 9.17) is 4.18 Å². The number of nitrogens with zero attached hydrogens (tertiary/aromatic N) is 1. The molecular weight excluding hydrogens is 549 g/mol. The fourth-order valence-electron chi connectivity index (χ4n) is 3.90. The summed E-state index contributed by atoms with van der Waals surface area (Å²) >= 11 is 0. The molecule has 9 nitrogen and oxygen atoms in total. The predicted octanol–water partition coefficient (Wildman–Crippen LogP) is 4.63. The summed E-state index contributed by atoms with van der Waals surface area (Å²) in [6, 6.07) is 14.8. The Morgan fingerprint density at radius 1 is 0.974 bits per heavy atom. The lowest BCUT2D eigenvalue weighted by Crippen LogP contribution is -2.43. The van der Waals surface area contributed by atoms with Crippen molar-refractivity contribution < 1.29 is 43.7 Å². The minimum atomic E-state index is -4.93. The zero-order chi connectivity index (χ0) is 27.7. The van der Waals surface area contributed by atoms with Gasteiger partial charge in [-0.25, -0.2) is 17.5 Å². The van der Waals surface area contributed by atoms with Gasteiger partial charge in [-0.15, -0.1) is 13.2 Å². The van der Waals surface area contributed by atoms with Gasteiger partial charge in [-0.2, -0.15) is 8.42 Å². The molecule has 1 N–H and O–H groups in total. The van der Waals surface area contributed by atoms with Crippen molar-refractivity contribution >= 4 is 37.7 Å². The number of sulfonamides is 1. The van der Waals surface area contributed by atoms with Gasteiger partial charge in [0.1, 0.15) is 5.75 Å². The highest BCUT2D eigenvalue weighted by Crippen LogP contribution is 2.36. The third-order valence-corrected chi connectivity index (χ3v) is 8.40. The Labute approximate surface area is 217 Å². The van der Waals surface area contributed by atoms with E-state index in [1.165, 1.54) is 24.3 Å². The van der Waals surface area contributed by atoms with Gasteiger partial charge < -0.3 is 8.92 Å². The first-order chi connectivity index (χ1) is 17.7. The Morgan fingerprint density at radius 3 is 2.26 bits per heavy atom. The maximum atomic E-state index is 13.1. The first-order valence-electron chi connectivity index (χ1n) is 11.1. The van der Waals surface area contributed by atoms with Crippen LogP contribution in [0.5, 0.6) is 5.75 Å². The number of alkyl halides is 3. The van der Waals surface area contributed by atoms with E-state index in [0.29, 0.717) is 18.4 Å². The summed E-state index contributed by atoms with van der Waals surface area (Å²) in [6.07, 6.45) is -4.02. The molecule has 0 amide bonds. The third kappa shape index (κ3) is 6.19. The fraction of sp³-hybridized carbons (Fsp3) is 0.208. The number of hydrogen-bond donors (Lipinski definition) is 1. The average molecular weight is 571 g/mol. The number of carbonyl (C=O) groups is 1. The van der Waals surface area contributed by atoms with E-state index in [9.17, 15) is 34.8 Å². The Kier molecular flexibility index (Phi) is 7.30. The summed E-state index contributed by atoms with van der Waals surface area (Å²) in [5.74, 6) is -1.66. The second kappa shape index (κ2) is 10.2. The first kappa shape index (κ1) is 27.3. The molecule has 1 unspecified atom stereocenters. The van der Waals surface area contributed by atoms with Gasteiger partial charge in [0.15, 0.2) is 0 Å². The van der Waals surface area contributed by atoms with E-state index in [2.05, 4.69) is 9.46 Å². The Balaban J connectivity index is 1.60. The van der Waals surface area contributed by atoms with Crippen molar-refractivity contribution in [3.05, 3.63) is 83.9 Å². The number of carbonyl (C=O) groups excluding carboxylic acids is 1. The SMILES string of the molecule is CC1CCc2ccc(NS(=O)(=O)c3ccc(OC(F)(F)F)cc3)cc2N1S(=O)(=O)OC(=O)c1ccccc1. The van der Waals surface area contributed by atoms with Crippen LogP contribution in [-0.4, -0.2) is 35.2 Å². The molecule has 1 aliphatic rings. The van der Waals surface area contributed by atoms with Crippen molar-refractivity contribution in [1.82, 2.24) is 0 Å². The monoisotopic (exact) mass is 570 g/mol. The van der Waals surface area contributed by atoms with Crippen LogP contribution in [0.4, 0.5) is 24.5 Å². The summed E-state index contributed by atoms with van der Waals surface area (Å²) in [6.45, 7) is 1.62. The van der Waals surface area contributed by atoms with E-state index < -0.39 is 44.5 Å². The van der Waals surface area contributed by atoms with Gasteiger partial charge in [0.2, 0.25) is 0 Å². The van der Waals surface area contributed by atoms with Gasteiger partial charge in [0.25, 0.3) is 10.0 Å². The molecule has 0 aromatic heterocycles. The lowest BCUT2D eigenvalue weighted by Gasteiger charge is -2.35. The lowest BCUT2D eigenvalue weighted by molar-refractivity contribution is -0.274. The van der Waals surface area contributed by atoms with Crippen molar-refractivity contribution in [1.29, 1.82) is 0 Å². The number of nitrogens with one attached hydrogen (secondary N) is 1. The minimum Gasteiger partial charge on any atom is -0.406 e. The molecule has 4 rings (SSSR count). The minimum absolute atomic E-state index is 0.0111. The number of aryl methyl sites for hydroxylation is 1. The molecular formula is C24H21F3N2O7S2. The Hall–Kier alpha value is -3.78. The fourth-order valence-corrected chi connectivity index (χ4v) is 6.27. The highest BCUT2D eigenvalue weighted by atomic mass is 32.2. The molecule has 14 heteroatoms. The van der Waals surface area contributed by atoms with E-state index >= 15 is 0 Å². The van der Waals surface area contributed by atoms with Crippen molar-refractivity contribution in [2.75, 3.05) is 9.03 Å². The standard InChI is InChI=1S/C24H21F3N2O7S2/c1-16-7-8-17-9-10-19(28-37(31,32)21-13-11-20(12-14-21)35-24(25,26)27)15-22(17)29(16)38(33,34)36-23(30)18-5-3-2-4-6-18/h2-6,9-16,28H,7-8H2,1H3. The summed E-state index contributed by atoms with van der Waals surface area (Å²) < 4.78 is 101. The second-order valence-electron chi connectivity index (χ2n) is 8.35. The zero-order valence-electron chi connectivity index (χ0n) is 19.7. The number of anilines is 2. The lowest BCUT2D eigenvalue weighted by atomic mass is 9.99. The highest BCUT2D eigenvalue weighted by Gasteiger charge is 2.36. The molecule has 202 valence electrons. The van der Waals surface area contributed by atoms with Crippen LogP contribution in [0.3, 0.4) is 0 Å². The van der Waals surface area contributed by atoms with Crippen LogP contribution in [0.25, 0.3) is 0 Å². The topological polar surface area (TPSA) is 119 Å². The first-order valence-corrected chi connectivity index (χ1v) is 13.9. The van der Waals surface area contributed by atoms with Gasteiger partial charge >= 0.3 is 22.6 Å². The number of rotatable bonds is 7. The molecule has 1 atom stereocenters. The van der Waals surface area contributed by atoms with Crippen molar-refractivity contribution in [2.24, 2.45) is 0 Å². The molecule has 38 heavy (non-hydrogen) atoms. The summed E-state index contributed by atoms with van der Waals surface area (Å²) in [5, 5.41) is 0. The van der Waals surface area contributed by atoms with Crippen molar-refractivity contribution in [3.63, 3.8) is 0 Å². The average Bonchev–Trinajstić information content (AvgIpc) is 2.83. The van der Waals surface area contributed by atoms with E-state index in [1.807, 2.05) is 0 Å². The second-order valence-corrected chi connectivity index (χ2v) is 11.4. The maximum absolute atomic E-state index is 13.1. The smallest absolute Gasteiger partial charge is 0.406 e. The van der Waals surface area contributed by atoms with Crippen molar-refractivity contribution in [3.8, 4) is 5.75 Å². The molecule has 3 aromatic carbocycles. The van der Waals surface area contributed by atoms with Crippen LogP contribution in [0.2, 0.25) is 0 Å². The van der Waals surface area contributed by atoms with Crippen LogP contribution in [0.1, 0.15) is 29.3 Å². The molecule has 1 aliphatic heterocycles. The quantitative estimate of drug-likeness (QED) is 0.440. The molecule has 0 spiro atoms. The van der Waals surface area contributed by atoms with Crippen LogP contribution >= 0.6 is 0 Å². The van der Waals surface area contributed by atoms with Crippen LogP contribution < -0.4 is 13.8 Å². The molecule has 3 aromatic rings. The number of hydrogen-bond acceptors (Lipinski definition) is 7. The maximum Gasteiger partial charge on any atom is 0.573 e. The van der Waals surface area contributed by atoms with Gasteiger partial charge in [-0.3, -0.25) is 4.72 Å². The van der Waals surface area contributed by atoms with Crippen LogP contribution in [0.15, 0.2) is 77.7 Å². The molecule has 0 aliphatic carbocycles. The van der Waals surface area contributed by atoms with Gasteiger partial charge in [-0.05, 0) is 73.9 Å². The molecule has 0 saturated carbocycles. The molecule has 1 heterocycles. The number of halogens is 3. The summed E-state index contributed by atoms with van der Waals surface area (Å²) in [4.78, 5) is 12.1. The zero-order valence-corrected chi connectivity index (χ0v) is 21.3. The van der Waals surface area contributed by atoms with Gasteiger partial charge in [-0.1, -0.05) is 24.3 Å². The Morgan fingerprint density at radius 2 is 1.63 bits per heavy atom. The van der Waals surface area contributed by atoms with Crippen LogP contribution in [0, 0.1) is 0 Å². The van der Waals surface area contributed by atoms with Gasteiger partial charge in [0, 0.05) is 6.04 Å². The number of ether oxygens (including phenoxy) is 1. The molecule has 0 fully saturated rings. The normalized spacial score (nSPS) is 15.9. The summed E-state index contributed by atoms with van der Waals surface area (Å²) in [5.41, 5.74) is 0.731. The molecule has 0 saturated heterocycles. The number of fused-ring (bicyclic) bond motifs is 1. The largest absolute Gasteiger partial charge is 0.573 e. The van der Waals surface area contributed by atoms with E-state index in [1.54, 1.807) is 31.2 Å². The highest BCUT2D eigenvalue weighted by molar-refractivity contribution is 7.92. The number of benzene rings is 3. The molecule has 0 radical (unpaired) electrons. The predicted molar refractivity (Wildman–Crippen MR) is 131 cm³/mol. The van der Waals surface area contributed by atoms with E-state index in [-0.39, 0.29) is 21.8 Å². The van der Waals surface area contributed by atoms with Gasteiger partial charge in [0.05, 0.1) is 21.8 Å².